The molecule has 0 rings (SSSR count). The Kier molecular flexibility index (Phi) is 4.97. The quantitative estimate of drug-likeness (QED) is 0.457. The third-order valence-corrected chi connectivity index (χ3v) is 2.07. The van der Waals surface area contributed by atoms with Gasteiger partial charge >= 0.3 is 0 Å². The molecule has 0 aromatic rings. The second-order valence-electron chi connectivity index (χ2n) is 2.47. The molecule has 0 saturated heterocycles. The lowest BCUT2D eigenvalue weighted by Crippen LogP contribution is -1.84. The number of rotatable bonds is 3. The highest BCUT2D eigenvalue weighted by Crippen LogP contribution is 2.10. The first-order valence-corrected chi connectivity index (χ1v) is 4.11. The molecule has 1 heteroatoms. The summed E-state index contributed by atoms with van der Waals surface area (Å²) in [5, 5.41) is 0. The molecule has 0 aromatic carbocycles. The first-order chi connectivity index (χ1) is 4.22. The van der Waals surface area contributed by atoms with Gasteiger partial charge in [-0.3, -0.25) is 0 Å². The lowest BCUT2D eigenvalue weighted by atomic mass is 10.1. The molecule has 0 atom stereocenters. The predicted molar refractivity (Wildman–Crippen MR) is 47.1 cm³/mol. The van der Waals surface area contributed by atoms with Gasteiger partial charge in [0.2, 0.25) is 0 Å². The van der Waals surface area contributed by atoms with Crippen molar-refractivity contribution in [2.45, 2.75) is 33.6 Å². The van der Waals surface area contributed by atoms with Gasteiger partial charge < -0.3 is 0 Å². The van der Waals surface area contributed by atoms with Crippen LogP contribution in [-0.2, 0) is 0 Å². The molecule has 54 valence electrons. The van der Waals surface area contributed by atoms with Gasteiger partial charge in [0, 0.05) is 5.75 Å². The van der Waals surface area contributed by atoms with Crippen molar-refractivity contribution in [1.29, 1.82) is 0 Å². The molecule has 0 spiro atoms. The average molecular weight is 144 g/mol. The van der Waals surface area contributed by atoms with E-state index in [0.717, 1.165) is 5.75 Å². The van der Waals surface area contributed by atoms with Gasteiger partial charge in [0.1, 0.15) is 0 Å². The van der Waals surface area contributed by atoms with Crippen molar-refractivity contribution in [2.24, 2.45) is 0 Å². The molecule has 0 heterocycles. The first-order valence-electron chi connectivity index (χ1n) is 3.48. The Bertz CT molecular complexity index is 103. The van der Waals surface area contributed by atoms with Gasteiger partial charge in [-0.15, -0.1) is 0 Å². The van der Waals surface area contributed by atoms with Crippen LogP contribution in [0.1, 0.15) is 33.6 Å². The van der Waals surface area contributed by atoms with Crippen LogP contribution in [0.4, 0.5) is 0 Å². The van der Waals surface area contributed by atoms with Crippen molar-refractivity contribution in [3.63, 3.8) is 0 Å². The van der Waals surface area contributed by atoms with Crippen molar-refractivity contribution in [3.8, 4) is 0 Å². The largest absolute Gasteiger partial charge is 0.175 e. The minimum Gasteiger partial charge on any atom is -0.175 e. The highest BCUT2D eigenvalue weighted by Gasteiger charge is 1.91. The van der Waals surface area contributed by atoms with Crippen LogP contribution >= 0.6 is 12.6 Å². The monoisotopic (exact) mass is 144 g/mol. The molecule has 0 aromatic heterocycles. The van der Waals surface area contributed by atoms with Crippen LogP contribution < -0.4 is 0 Å². The third kappa shape index (κ3) is 3.63. The number of thiol groups is 1. The molecule has 0 N–H and O–H groups in total. The van der Waals surface area contributed by atoms with Gasteiger partial charge in [-0.2, -0.15) is 12.6 Å². The SMILES string of the molecule is CCC/C(C)=C(/C)CS. The standard InChI is InChI=1S/C8H16S/c1-4-5-7(2)8(3)6-9/h9H,4-6H2,1-3H3/b8-7-. The average Bonchev–Trinajstić information content (AvgIpc) is 1.87. The summed E-state index contributed by atoms with van der Waals surface area (Å²) >= 11 is 4.19. The van der Waals surface area contributed by atoms with Crippen LogP contribution in [0.5, 0.6) is 0 Å². The number of hydrogen-bond donors (Lipinski definition) is 1. The molecule has 0 aliphatic carbocycles. The lowest BCUT2D eigenvalue weighted by Gasteiger charge is -2.01. The molecule has 0 radical (unpaired) electrons. The van der Waals surface area contributed by atoms with E-state index in [1.807, 2.05) is 0 Å². The van der Waals surface area contributed by atoms with Gasteiger partial charge in [0.05, 0.1) is 0 Å². The van der Waals surface area contributed by atoms with E-state index in [2.05, 4.69) is 33.4 Å². The fraction of sp³-hybridized carbons (Fsp3) is 0.750. The van der Waals surface area contributed by atoms with Crippen LogP contribution in [0.2, 0.25) is 0 Å². The second-order valence-corrected chi connectivity index (χ2v) is 2.79. The molecular weight excluding hydrogens is 128 g/mol. The predicted octanol–water partition coefficient (Wildman–Crippen LogP) is 3.05. The first kappa shape index (κ1) is 9.09. The summed E-state index contributed by atoms with van der Waals surface area (Å²) in [4.78, 5) is 0. The molecule has 0 bridgehead atoms. The highest BCUT2D eigenvalue weighted by atomic mass is 32.1. The minimum absolute atomic E-state index is 0.909. The van der Waals surface area contributed by atoms with Crippen LogP contribution in [0.25, 0.3) is 0 Å². The molecule has 0 aliphatic rings. The zero-order chi connectivity index (χ0) is 7.28. The molecule has 0 fully saturated rings. The van der Waals surface area contributed by atoms with E-state index in [9.17, 15) is 0 Å². The maximum atomic E-state index is 4.19. The van der Waals surface area contributed by atoms with Gasteiger partial charge in [-0.05, 0) is 20.3 Å². The molecule has 0 nitrogen and oxygen atoms in total. The van der Waals surface area contributed by atoms with Gasteiger partial charge in [-0.1, -0.05) is 24.5 Å². The summed E-state index contributed by atoms with van der Waals surface area (Å²) < 4.78 is 0. The Morgan fingerprint density at radius 2 is 1.78 bits per heavy atom. The number of allylic oxidation sites excluding steroid dienone is 1. The Morgan fingerprint density at radius 1 is 1.22 bits per heavy atom. The van der Waals surface area contributed by atoms with E-state index >= 15 is 0 Å². The Labute approximate surface area is 63.8 Å². The van der Waals surface area contributed by atoms with Crippen LogP contribution in [0, 0.1) is 0 Å². The maximum Gasteiger partial charge on any atom is 0.0112 e. The van der Waals surface area contributed by atoms with Crippen molar-refractivity contribution >= 4 is 12.6 Å². The summed E-state index contributed by atoms with van der Waals surface area (Å²) in [5.74, 6) is 0.909. The van der Waals surface area contributed by atoms with Crippen LogP contribution in [0.3, 0.4) is 0 Å². The molecule has 0 unspecified atom stereocenters. The van der Waals surface area contributed by atoms with E-state index in [1.54, 1.807) is 0 Å². The van der Waals surface area contributed by atoms with E-state index in [4.69, 9.17) is 0 Å². The van der Waals surface area contributed by atoms with Gasteiger partial charge in [0.25, 0.3) is 0 Å². The maximum absolute atomic E-state index is 4.19. The molecule has 0 amide bonds. The summed E-state index contributed by atoms with van der Waals surface area (Å²) in [6.07, 6.45) is 2.48. The Morgan fingerprint density at radius 3 is 2.11 bits per heavy atom. The van der Waals surface area contributed by atoms with Gasteiger partial charge in [-0.25, -0.2) is 0 Å². The highest BCUT2D eigenvalue weighted by molar-refractivity contribution is 7.80. The van der Waals surface area contributed by atoms with Crippen molar-refractivity contribution in [3.05, 3.63) is 11.1 Å². The lowest BCUT2D eigenvalue weighted by molar-refractivity contribution is 0.891. The van der Waals surface area contributed by atoms with Crippen molar-refractivity contribution in [2.75, 3.05) is 5.75 Å². The van der Waals surface area contributed by atoms with Crippen molar-refractivity contribution in [1.82, 2.24) is 0 Å². The fourth-order valence-electron chi connectivity index (χ4n) is 0.723. The summed E-state index contributed by atoms with van der Waals surface area (Å²) in [7, 11) is 0. The fourth-order valence-corrected chi connectivity index (χ4v) is 0.993. The van der Waals surface area contributed by atoms with Crippen LogP contribution in [-0.4, -0.2) is 5.75 Å². The van der Waals surface area contributed by atoms with E-state index in [0.29, 0.717) is 0 Å². The van der Waals surface area contributed by atoms with E-state index in [1.165, 1.54) is 24.0 Å². The summed E-state index contributed by atoms with van der Waals surface area (Å²) in [6, 6.07) is 0. The van der Waals surface area contributed by atoms with Gasteiger partial charge in [0.15, 0.2) is 0 Å². The Hall–Kier alpha value is 0.0900. The third-order valence-electron chi connectivity index (χ3n) is 1.59. The molecular formula is C8H16S. The molecule has 0 aliphatic heterocycles. The van der Waals surface area contributed by atoms with E-state index < -0.39 is 0 Å². The van der Waals surface area contributed by atoms with Crippen molar-refractivity contribution < 1.29 is 0 Å². The smallest absolute Gasteiger partial charge is 0.0112 e. The number of hydrogen-bond acceptors (Lipinski definition) is 1. The summed E-state index contributed by atoms with van der Waals surface area (Å²) in [5.41, 5.74) is 2.94. The molecule has 9 heavy (non-hydrogen) atoms. The zero-order valence-corrected chi connectivity index (χ0v) is 7.46. The van der Waals surface area contributed by atoms with E-state index in [-0.39, 0.29) is 0 Å². The molecule has 0 saturated carbocycles. The normalized spacial score (nSPS) is 13.3. The topological polar surface area (TPSA) is 0 Å². The summed E-state index contributed by atoms with van der Waals surface area (Å²) in [6.45, 7) is 6.54. The zero-order valence-electron chi connectivity index (χ0n) is 6.57. The van der Waals surface area contributed by atoms with Crippen LogP contribution in [0.15, 0.2) is 11.1 Å². The second kappa shape index (κ2) is 4.92. The minimum atomic E-state index is 0.909. The Balaban J connectivity index is 3.78.